The molecule has 0 radical (unpaired) electrons. The largest absolute Gasteiger partial charge is 0.449 e. The van der Waals surface area contributed by atoms with Crippen LogP contribution in [0.4, 0.5) is 0 Å². The average molecular weight is 419 g/mol. The van der Waals surface area contributed by atoms with Crippen LogP contribution in [0, 0.1) is 11.3 Å². The molecule has 4 heterocycles. The zero-order valence-corrected chi connectivity index (χ0v) is 17.3. The van der Waals surface area contributed by atoms with Crippen molar-refractivity contribution in [3.8, 4) is 0 Å². The van der Waals surface area contributed by atoms with E-state index in [1.807, 2.05) is 11.0 Å². The fraction of sp³-hybridized carbons (Fsp3) is 0.478. The monoisotopic (exact) mass is 419 g/mol. The lowest BCUT2D eigenvalue weighted by atomic mass is 9.90. The molecular weight excluding hydrogens is 394 g/mol. The quantitative estimate of drug-likeness (QED) is 0.661. The van der Waals surface area contributed by atoms with Gasteiger partial charge in [-0.3, -0.25) is 19.7 Å². The number of furan rings is 1. The van der Waals surface area contributed by atoms with Crippen LogP contribution in [0.15, 0.2) is 35.1 Å². The van der Waals surface area contributed by atoms with Crippen LogP contribution in [0.1, 0.15) is 64.6 Å². The Labute approximate surface area is 179 Å². The first-order chi connectivity index (χ1) is 15.1. The Bertz CT molecular complexity index is 1120. The predicted octanol–water partition coefficient (Wildman–Crippen LogP) is 3.10. The summed E-state index contributed by atoms with van der Waals surface area (Å²) < 4.78 is 5.60. The van der Waals surface area contributed by atoms with Crippen LogP contribution in [0.2, 0.25) is 0 Å². The van der Waals surface area contributed by atoms with Gasteiger partial charge in [-0.05, 0) is 55.6 Å². The maximum atomic E-state index is 13.0. The van der Waals surface area contributed by atoms with Crippen LogP contribution in [-0.4, -0.2) is 51.5 Å². The van der Waals surface area contributed by atoms with E-state index in [4.69, 9.17) is 4.42 Å². The average Bonchev–Trinajstić information content (AvgIpc) is 3.64. The molecule has 2 N–H and O–H groups in total. The van der Waals surface area contributed by atoms with Gasteiger partial charge in [0.2, 0.25) is 0 Å². The van der Waals surface area contributed by atoms with E-state index in [9.17, 15) is 9.59 Å². The minimum absolute atomic E-state index is 0.107. The summed E-state index contributed by atoms with van der Waals surface area (Å²) in [7, 11) is 0. The van der Waals surface area contributed by atoms with Crippen molar-refractivity contribution in [2.75, 3.05) is 19.6 Å². The first-order valence-corrected chi connectivity index (χ1v) is 11.1. The summed E-state index contributed by atoms with van der Waals surface area (Å²) in [4.78, 5) is 31.5. The van der Waals surface area contributed by atoms with Gasteiger partial charge >= 0.3 is 0 Å². The molecule has 0 aromatic carbocycles. The van der Waals surface area contributed by atoms with Crippen LogP contribution in [0.25, 0.3) is 11.0 Å². The van der Waals surface area contributed by atoms with E-state index in [0.717, 1.165) is 61.8 Å². The van der Waals surface area contributed by atoms with Crippen molar-refractivity contribution in [3.05, 3.63) is 47.7 Å². The highest BCUT2D eigenvalue weighted by Gasteiger charge is 2.55. The van der Waals surface area contributed by atoms with Crippen molar-refractivity contribution in [1.82, 2.24) is 25.4 Å². The molecular formula is C23H25N5O3. The Hall–Kier alpha value is -3.16. The number of hydrogen-bond donors (Lipinski definition) is 2. The van der Waals surface area contributed by atoms with Gasteiger partial charge in [-0.1, -0.05) is 0 Å². The van der Waals surface area contributed by atoms with Gasteiger partial charge in [0.1, 0.15) is 0 Å². The number of fused-ring (bicyclic) bond motifs is 1. The summed E-state index contributed by atoms with van der Waals surface area (Å²) in [5.74, 6) is 1.20. The number of carbonyl (C=O) groups is 2. The Morgan fingerprint density at radius 1 is 1.26 bits per heavy atom. The summed E-state index contributed by atoms with van der Waals surface area (Å²) in [6.07, 6.45) is 10.4. The third-order valence-electron chi connectivity index (χ3n) is 7.35. The number of piperidine rings is 1. The fourth-order valence-electron chi connectivity index (χ4n) is 5.11. The van der Waals surface area contributed by atoms with Gasteiger partial charge in [-0.2, -0.15) is 5.10 Å². The number of likely N-dealkylation sites (tertiary alicyclic amines) is 1. The molecule has 2 saturated carbocycles. The molecule has 31 heavy (non-hydrogen) atoms. The highest BCUT2D eigenvalue weighted by Crippen LogP contribution is 2.59. The lowest BCUT2D eigenvalue weighted by Crippen LogP contribution is -2.40. The second-order valence-corrected chi connectivity index (χ2v) is 9.26. The lowest BCUT2D eigenvalue weighted by molar-refractivity contribution is 0.0667. The van der Waals surface area contributed by atoms with Crippen molar-refractivity contribution in [2.24, 2.45) is 11.3 Å². The first kappa shape index (κ1) is 18.6. The van der Waals surface area contributed by atoms with Gasteiger partial charge in [0, 0.05) is 37.1 Å². The van der Waals surface area contributed by atoms with Crippen molar-refractivity contribution < 1.29 is 14.0 Å². The number of amides is 2. The van der Waals surface area contributed by atoms with E-state index in [-0.39, 0.29) is 17.2 Å². The highest BCUT2D eigenvalue weighted by molar-refractivity contribution is 5.96. The minimum atomic E-state index is -0.182. The molecule has 0 bridgehead atoms. The van der Waals surface area contributed by atoms with Crippen molar-refractivity contribution >= 4 is 22.8 Å². The number of H-pyrrole nitrogens is 1. The number of hydrogen-bond acceptors (Lipinski definition) is 5. The van der Waals surface area contributed by atoms with Gasteiger partial charge < -0.3 is 14.6 Å². The number of pyridine rings is 1. The van der Waals surface area contributed by atoms with Gasteiger partial charge in [0.15, 0.2) is 11.3 Å². The Kier molecular flexibility index (Phi) is 4.16. The zero-order valence-electron chi connectivity index (χ0n) is 17.3. The summed E-state index contributed by atoms with van der Waals surface area (Å²) in [6, 6.07) is 3.59. The molecule has 8 heteroatoms. The molecule has 3 aromatic rings. The fourth-order valence-corrected chi connectivity index (χ4v) is 5.11. The number of rotatable bonds is 5. The molecule has 1 unspecified atom stereocenters. The number of aromatic nitrogens is 3. The molecule has 6 rings (SSSR count). The van der Waals surface area contributed by atoms with Crippen LogP contribution in [0.5, 0.6) is 0 Å². The maximum Gasteiger partial charge on any atom is 0.287 e. The number of nitrogens with zero attached hydrogens (tertiary/aromatic N) is 3. The van der Waals surface area contributed by atoms with Crippen LogP contribution in [0.3, 0.4) is 0 Å². The molecule has 2 amide bonds. The van der Waals surface area contributed by atoms with E-state index < -0.39 is 0 Å². The SMILES string of the molecule is O=C(NCC1CC12CCN(C(=O)c1cn[nH]c1C1CC1)CC2)c1cc2ccncc2o1. The molecule has 1 spiro atoms. The van der Waals surface area contributed by atoms with E-state index in [0.29, 0.717) is 29.7 Å². The van der Waals surface area contributed by atoms with Crippen molar-refractivity contribution in [2.45, 2.75) is 38.0 Å². The van der Waals surface area contributed by atoms with Crippen molar-refractivity contribution in [3.63, 3.8) is 0 Å². The van der Waals surface area contributed by atoms with E-state index in [2.05, 4.69) is 20.5 Å². The van der Waals surface area contributed by atoms with Gasteiger partial charge in [0.25, 0.3) is 11.8 Å². The van der Waals surface area contributed by atoms with Crippen LogP contribution >= 0.6 is 0 Å². The molecule has 2 aliphatic carbocycles. The third-order valence-corrected chi connectivity index (χ3v) is 7.35. The van der Waals surface area contributed by atoms with Gasteiger partial charge in [-0.15, -0.1) is 0 Å². The van der Waals surface area contributed by atoms with Crippen LogP contribution < -0.4 is 5.32 Å². The maximum absolute atomic E-state index is 13.0. The number of aromatic amines is 1. The van der Waals surface area contributed by atoms with Crippen molar-refractivity contribution in [1.29, 1.82) is 0 Å². The molecule has 3 fully saturated rings. The summed E-state index contributed by atoms with van der Waals surface area (Å²) in [5.41, 5.74) is 2.64. The van der Waals surface area contributed by atoms with E-state index in [1.165, 1.54) is 0 Å². The minimum Gasteiger partial charge on any atom is -0.449 e. The topological polar surface area (TPSA) is 104 Å². The Morgan fingerprint density at radius 2 is 2.10 bits per heavy atom. The summed E-state index contributed by atoms with van der Waals surface area (Å²) in [6.45, 7) is 2.19. The molecule has 3 aliphatic rings. The Balaban J connectivity index is 1.03. The standard InChI is InChI=1S/C23H25N5O3/c29-21(18-9-15-3-6-24-13-19(15)31-18)25-11-16-10-23(16)4-7-28(8-5-23)22(30)17-12-26-27-20(17)14-1-2-14/h3,6,9,12-14,16H,1-2,4-5,7-8,10-11H2,(H,25,29)(H,26,27). The lowest BCUT2D eigenvalue weighted by Gasteiger charge is -2.33. The predicted molar refractivity (Wildman–Crippen MR) is 113 cm³/mol. The van der Waals surface area contributed by atoms with Gasteiger partial charge in [0.05, 0.1) is 23.7 Å². The number of carbonyl (C=O) groups excluding carboxylic acids is 2. The third kappa shape index (κ3) is 3.30. The van der Waals surface area contributed by atoms with Gasteiger partial charge in [-0.25, -0.2) is 0 Å². The summed E-state index contributed by atoms with van der Waals surface area (Å²) >= 11 is 0. The Morgan fingerprint density at radius 3 is 2.87 bits per heavy atom. The second-order valence-electron chi connectivity index (χ2n) is 9.26. The normalized spacial score (nSPS) is 22.1. The number of nitrogens with one attached hydrogen (secondary N) is 2. The molecule has 1 aliphatic heterocycles. The van der Waals surface area contributed by atoms with E-state index in [1.54, 1.807) is 24.7 Å². The molecule has 8 nitrogen and oxygen atoms in total. The molecule has 3 aromatic heterocycles. The van der Waals surface area contributed by atoms with E-state index >= 15 is 0 Å². The second kappa shape index (κ2) is 6.93. The molecule has 1 saturated heterocycles. The first-order valence-electron chi connectivity index (χ1n) is 11.1. The summed E-state index contributed by atoms with van der Waals surface area (Å²) in [5, 5.41) is 11.0. The molecule has 1 atom stereocenters. The highest BCUT2D eigenvalue weighted by atomic mass is 16.3. The smallest absolute Gasteiger partial charge is 0.287 e. The zero-order chi connectivity index (χ0) is 21.0. The van der Waals surface area contributed by atoms with Crippen LogP contribution in [-0.2, 0) is 0 Å². The molecule has 160 valence electrons.